The van der Waals surface area contributed by atoms with Crippen LogP contribution in [0, 0.1) is 6.92 Å². The summed E-state index contributed by atoms with van der Waals surface area (Å²) in [6, 6.07) is 7.36. The Morgan fingerprint density at radius 2 is 2.07 bits per heavy atom. The summed E-state index contributed by atoms with van der Waals surface area (Å²) in [5.41, 5.74) is 0.845. The zero-order chi connectivity index (χ0) is 20.9. The number of aryl methyl sites for hydroxylation is 1. The molecule has 9 heteroatoms. The van der Waals surface area contributed by atoms with Crippen molar-refractivity contribution in [2.24, 2.45) is 0 Å². The molecule has 156 valence electrons. The molecule has 0 bridgehead atoms. The maximum Gasteiger partial charge on any atom is 0.434 e. The van der Waals surface area contributed by atoms with E-state index in [2.05, 4.69) is 25.6 Å². The third-order valence-electron chi connectivity index (χ3n) is 5.57. The van der Waals surface area contributed by atoms with Crippen molar-refractivity contribution in [1.29, 1.82) is 0 Å². The smallest absolute Gasteiger partial charge is 0.363 e. The molecule has 1 atom stereocenters. The first-order chi connectivity index (χ1) is 14.4. The van der Waals surface area contributed by atoms with Crippen LogP contribution in [0.1, 0.15) is 24.2 Å². The number of para-hydroxylation sites is 1. The number of hydrogen-bond acceptors (Lipinski definition) is 4. The van der Waals surface area contributed by atoms with Crippen molar-refractivity contribution >= 4 is 22.4 Å². The fraction of sp³-hybridized carbons (Fsp3) is 0.333. The van der Waals surface area contributed by atoms with Gasteiger partial charge in [0.2, 0.25) is 0 Å². The number of rotatable bonds is 3. The van der Waals surface area contributed by atoms with E-state index in [4.69, 9.17) is 0 Å². The van der Waals surface area contributed by atoms with Gasteiger partial charge in [0.1, 0.15) is 5.69 Å². The number of halogens is 3. The Labute approximate surface area is 170 Å². The number of fused-ring (bicyclic) bond motifs is 2. The van der Waals surface area contributed by atoms with Gasteiger partial charge in [-0.2, -0.15) is 13.2 Å². The van der Waals surface area contributed by atoms with Crippen LogP contribution < -0.4 is 10.6 Å². The molecule has 30 heavy (non-hydrogen) atoms. The molecule has 3 N–H and O–H groups in total. The van der Waals surface area contributed by atoms with Crippen molar-refractivity contribution in [2.75, 3.05) is 18.4 Å². The number of alkyl halides is 3. The van der Waals surface area contributed by atoms with Gasteiger partial charge in [-0.1, -0.05) is 18.2 Å². The number of H-pyrrole nitrogens is 1. The van der Waals surface area contributed by atoms with Gasteiger partial charge in [0, 0.05) is 47.1 Å². The van der Waals surface area contributed by atoms with Crippen LogP contribution in [-0.2, 0) is 6.18 Å². The molecule has 0 radical (unpaired) electrons. The van der Waals surface area contributed by atoms with E-state index in [1.807, 2.05) is 12.1 Å². The van der Waals surface area contributed by atoms with Gasteiger partial charge >= 0.3 is 6.18 Å². The molecule has 0 saturated carbocycles. The molecule has 0 unspecified atom stereocenters. The van der Waals surface area contributed by atoms with Gasteiger partial charge in [-0.25, -0.2) is 9.97 Å². The van der Waals surface area contributed by atoms with Crippen molar-refractivity contribution in [3.8, 4) is 11.3 Å². The summed E-state index contributed by atoms with van der Waals surface area (Å²) in [4.78, 5) is 11.8. The first-order valence-electron chi connectivity index (χ1n) is 9.92. The minimum Gasteiger partial charge on any atom is -0.363 e. The Balaban J connectivity index is 1.78. The number of nitrogens with zero attached hydrogens (tertiary/aromatic N) is 3. The number of nitrogens with one attached hydrogen (secondary N) is 3. The fourth-order valence-corrected chi connectivity index (χ4v) is 4.19. The van der Waals surface area contributed by atoms with Crippen molar-refractivity contribution in [1.82, 2.24) is 24.7 Å². The van der Waals surface area contributed by atoms with Crippen LogP contribution in [-0.4, -0.2) is 38.5 Å². The summed E-state index contributed by atoms with van der Waals surface area (Å²) in [7, 11) is 0. The first-order valence-corrected chi connectivity index (χ1v) is 9.92. The average molecular weight is 414 g/mol. The molecule has 6 nitrogen and oxygen atoms in total. The zero-order valence-electron chi connectivity index (χ0n) is 16.3. The second-order valence-corrected chi connectivity index (χ2v) is 7.65. The van der Waals surface area contributed by atoms with Crippen molar-refractivity contribution in [3.63, 3.8) is 0 Å². The zero-order valence-corrected chi connectivity index (χ0v) is 16.3. The quantitative estimate of drug-likeness (QED) is 0.466. The Bertz CT molecular complexity index is 1220. The molecule has 3 aromatic heterocycles. The number of aromatic amines is 1. The van der Waals surface area contributed by atoms with Crippen LogP contribution in [0.2, 0.25) is 0 Å². The molecule has 1 aliphatic heterocycles. The van der Waals surface area contributed by atoms with Crippen LogP contribution in [0.3, 0.4) is 0 Å². The molecule has 1 aliphatic rings. The predicted octanol–water partition coefficient (Wildman–Crippen LogP) is 4.37. The summed E-state index contributed by atoms with van der Waals surface area (Å²) in [5.74, 6) is 0.366. The molecule has 4 aromatic rings. The van der Waals surface area contributed by atoms with Gasteiger partial charge in [0.25, 0.3) is 0 Å². The lowest BCUT2D eigenvalue weighted by Crippen LogP contribution is -2.38. The molecule has 0 aliphatic carbocycles. The van der Waals surface area contributed by atoms with E-state index in [9.17, 15) is 13.2 Å². The van der Waals surface area contributed by atoms with E-state index in [-0.39, 0.29) is 17.4 Å². The number of aromatic nitrogens is 4. The molecule has 1 fully saturated rings. The molecule has 1 saturated heterocycles. The van der Waals surface area contributed by atoms with Gasteiger partial charge in [0.05, 0.1) is 0 Å². The standard InChI is InChI=1S/C21H21F3N6/c1-12-9-27-20-19(28-13-5-4-8-25-10-13)29-17(18(30(12)20)21(22,23)24)15-11-26-16-7-3-2-6-14(15)16/h2-3,6-7,9,11,13,25-26H,4-5,8,10H2,1H3,(H,28,29)/t13-/m0/s1. The summed E-state index contributed by atoms with van der Waals surface area (Å²) in [6.07, 6.45) is 0.360. The van der Waals surface area contributed by atoms with Crippen LogP contribution in [0.4, 0.5) is 19.0 Å². The second-order valence-electron chi connectivity index (χ2n) is 7.65. The van der Waals surface area contributed by atoms with E-state index >= 15 is 0 Å². The highest BCUT2D eigenvalue weighted by molar-refractivity contribution is 5.95. The van der Waals surface area contributed by atoms with Crippen molar-refractivity contribution in [3.05, 3.63) is 48.0 Å². The van der Waals surface area contributed by atoms with Gasteiger partial charge in [-0.3, -0.25) is 4.40 Å². The SMILES string of the molecule is Cc1cnc2c(N[C@H]3CCCNC3)nc(-c3c[nH]c4ccccc34)c(C(F)(F)F)n12. The van der Waals surface area contributed by atoms with Crippen LogP contribution in [0.5, 0.6) is 0 Å². The number of hydrogen-bond donors (Lipinski definition) is 3. The molecular weight excluding hydrogens is 393 g/mol. The van der Waals surface area contributed by atoms with E-state index in [0.29, 0.717) is 22.5 Å². The van der Waals surface area contributed by atoms with E-state index in [0.717, 1.165) is 31.4 Å². The predicted molar refractivity (Wildman–Crippen MR) is 110 cm³/mol. The second kappa shape index (κ2) is 7.02. The van der Waals surface area contributed by atoms with E-state index in [1.54, 1.807) is 25.3 Å². The Kier molecular flexibility index (Phi) is 4.43. The third-order valence-corrected chi connectivity index (χ3v) is 5.57. The van der Waals surface area contributed by atoms with Crippen LogP contribution in [0.25, 0.3) is 27.8 Å². The topological polar surface area (TPSA) is 70.0 Å². The molecule has 0 spiro atoms. The molecule has 1 aromatic carbocycles. The molecule has 0 amide bonds. The van der Waals surface area contributed by atoms with E-state index in [1.165, 1.54) is 10.6 Å². The van der Waals surface area contributed by atoms with Crippen molar-refractivity contribution < 1.29 is 13.2 Å². The maximum atomic E-state index is 14.3. The number of imidazole rings is 1. The van der Waals surface area contributed by atoms with Gasteiger partial charge in [-0.05, 0) is 32.4 Å². The van der Waals surface area contributed by atoms with Gasteiger partial charge in [-0.15, -0.1) is 0 Å². The third kappa shape index (κ3) is 3.09. The van der Waals surface area contributed by atoms with Gasteiger partial charge in [0.15, 0.2) is 17.2 Å². The number of benzene rings is 1. The maximum absolute atomic E-state index is 14.3. The fourth-order valence-electron chi connectivity index (χ4n) is 4.19. The largest absolute Gasteiger partial charge is 0.434 e. The summed E-state index contributed by atoms with van der Waals surface area (Å²) < 4.78 is 44.0. The first kappa shape index (κ1) is 18.9. The highest BCUT2D eigenvalue weighted by Gasteiger charge is 2.40. The number of piperidine rings is 1. The normalized spacial score (nSPS) is 17.7. The van der Waals surface area contributed by atoms with E-state index < -0.39 is 11.9 Å². The molecule has 4 heterocycles. The lowest BCUT2D eigenvalue weighted by molar-refractivity contribution is -0.141. The lowest BCUT2D eigenvalue weighted by Gasteiger charge is -2.25. The van der Waals surface area contributed by atoms with Crippen LogP contribution in [0.15, 0.2) is 36.7 Å². The van der Waals surface area contributed by atoms with Crippen LogP contribution >= 0.6 is 0 Å². The number of anilines is 1. The summed E-state index contributed by atoms with van der Waals surface area (Å²) in [5, 5.41) is 7.33. The summed E-state index contributed by atoms with van der Waals surface area (Å²) >= 11 is 0. The Hall–Kier alpha value is -3.07. The average Bonchev–Trinajstić information content (AvgIpc) is 3.32. The lowest BCUT2D eigenvalue weighted by atomic mass is 10.1. The Morgan fingerprint density at radius 1 is 1.23 bits per heavy atom. The monoisotopic (exact) mass is 414 g/mol. The Morgan fingerprint density at radius 3 is 2.83 bits per heavy atom. The summed E-state index contributed by atoms with van der Waals surface area (Å²) in [6.45, 7) is 3.30. The highest BCUT2D eigenvalue weighted by Crippen LogP contribution is 2.40. The molecular formula is C21H21F3N6. The van der Waals surface area contributed by atoms with Crippen molar-refractivity contribution in [2.45, 2.75) is 32.0 Å². The minimum absolute atomic E-state index is 0.0830. The van der Waals surface area contributed by atoms with Gasteiger partial charge < -0.3 is 15.6 Å². The minimum atomic E-state index is -4.60. The molecule has 5 rings (SSSR count). The highest BCUT2D eigenvalue weighted by atomic mass is 19.4.